The topological polar surface area (TPSA) is 49.9 Å². The summed E-state index contributed by atoms with van der Waals surface area (Å²) in [7, 11) is 1.67. The van der Waals surface area contributed by atoms with Crippen molar-refractivity contribution in [2.24, 2.45) is 0 Å². The zero-order valence-electron chi connectivity index (χ0n) is 10.4. The van der Waals surface area contributed by atoms with E-state index < -0.39 is 0 Å². The van der Waals surface area contributed by atoms with Gasteiger partial charge < -0.3 is 10.1 Å². The normalized spacial score (nSPS) is 10.3. The predicted octanol–water partition coefficient (Wildman–Crippen LogP) is 2.83. The summed E-state index contributed by atoms with van der Waals surface area (Å²) in [5.74, 6) is 1.77. The molecule has 0 aliphatic heterocycles. The highest BCUT2D eigenvalue weighted by molar-refractivity contribution is 5.68. The number of benzene rings is 1. The lowest BCUT2D eigenvalue weighted by Crippen LogP contribution is -1.97. The Balaban J connectivity index is 2.32. The van der Waals surface area contributed by atoms with Gasteiger partial charge in [-0.25, -0.2) is 0 Å². The Morgan fingerprint density at radius 1 is 1.29 bits per heavy atom. The third-order valence-electron chi connectivity index (χ3n) is 2.73. The fraction of sp³-hybridized carbons (Fsp3) is 0.308. The van der Waals surface area contributed by atoms with Gasteiger partial charge in [-0.05, 0) is 38.1 Å². The molecule has 17 heavy (non-hydrogen) atoms. The standard InChI is InChI=1S/C13H17N3O/c1-4-14-13-9(2)12(15-16-13)10-5-7-11(17-3)8-6-10/h5-8H,4H2,1-3H3,(H2,14,15,16). The van der Waals surface area contributed by atoms with Crippen molar-refractivity contribution in [1.82, 2.24) is 10.2 Å². The van der Waals surface area contributed by atoms with Gasteiger partial charge in [0.15, 0.2) is 5.82 Å². The number of hydrogen-bond donors (Lipinski definition) is 2. The monoisotopic (exact) mass is 231 g/mol. The van der Waals surface area contributed by atoms with Crippen molar-refractivity contribution < 1.29 is 4.74 Å². The molecule has 0 bridgehead atoms. The van der Waals surface area contributed by atoms with Crippen LogP contribution in [0.25, 0.3) is 11.3 Å². The van der Waals surface area contributed by atoms with Gasteiger partial charge in [0.2, 0.25) is 0 Å². The van der Waals surface area contributed by atoms with Crippen LogP contribution in [0.1, 0.15) is 12.5 Å². The van der Waals surface area contributed by atoms with E-state index in [0.29, 0.717) is 0 Å². The lowest BCUT2D eigenvalue weighted by atomic mass is 10.1. The highest BCUT2D eigenvalue weighted by Gasteiger charge is 2.09. The Kier molecular flexibility index (Phi) is 3.32. The van der Waals surface area contributed by atoms with E-state index in [1.807, 2.05) is 24.3 Å². The van der Waals surface area contributed by atoms with E-state index in [2.05, 4.69) is 29.4 Å². The number of anilines is 1. The Bertz CT molecular complexity index is 488. The van der Waals surface area contributed by atoms with Crippen molar-refractivity contribution >= 4 is 5.82 Å². The molecule has 0 fully saturated rings. The summed E-state index contributed by atoms with van der Waals surface area (Å²) in [5.41, 5.74) is 3.29. The lowest BCUT2D eigenvalue weighted by Gasteiger charge is -2.03. The summed E-state index contributed by atoms with van der Waals surface area (Å²) < 4.78 is 5.14. The van der Waals surface area contributed by atoms with E-state index in [1.54, 1.807) is 7.11 Å². The van der Waals surface area contributed by atoms with Gasteiger partial charge in [0.05, 0.1) is 12.8 Å². The van der Waals surface area contributed by atoms with Crippen LogP contribution in [0.4, 0.5) is 5.82 Å². The van der Waals surface area contributed by atoms with E-state index in [-0.39, 0.29) is 0 Å². The van der Waals surface area contributed by atoms with Crippen molar-refractivity contribution in [2.45, 2.75) is 13.8 Å². The first-order valence-electron chi connectivity index (χ1n) is 5.69. The molecule has 2 N–H and O–H groups in total. The van der Waals surface area contributed by atoms with Crippen LogP contribution in [0.2, 0.25) is 0 Å². The van der Waals surface area contributed by atoms with E-state index in [9.17, 15) is 0 Å². The summed E-state index contributed by atoms with van der Waals surface area (Å²) in [6.45, 7) is 4.98. The highest BCUT2D eigenvalue weighted by Crippen LogP contribution is 2.27. The zero-order chi connectivity index (χ0) is 12.3. The molecule has 0 radical (unpaired) electrons. The van der Waals surface area contributed by atoms with Gasteiger partial charge >= 0.3 is 0 Å². The molecule has 1 aromatic heterocycles. The molecule has 0 amide bonds. The number of nitrogens with one attached hydrogen (secondary N) is 2. The molecule has 4 heteroatoms. The third kappa shape index (κ3) is 2.25. The van der Waals surface area contributed by atoms with Crippen LogP contribution in [-0.2, 0) is 0 Å². The fourth-order valence-corrected chi connectivity index (χ4v) is 1.78. The minimum Gasteiger partial charge on any atom is -0.497 e. The fourth-order valence-electron chi connectivity index (χ4n) is 1.78. The summed E-state index contributed by atoms with van der Waals surface area (Å²) in [6.07, 6.45) is 0. The first kappa shape index (κ1) is 11.5. The number of nitrogens with zero attached hydrogens (tertiary/aromatic N) is 1. The van der Waals surface area contributed by atoms with Gasteiger partial charge in [0, 0.05) is 17.7 Å². The van der Waals surface area contributed by atoms with E-state index in [1.165, 1.54) is 0 Å². The highest BCUT2D eigenvalue weighted by atomic mass is 16.5. The molecule has 0 aliphatic rings. The van der Waals surface area contributed by atoms with Crippen LogP contribution in [-0.4, -0.2) is 23.9 Å². The van der Waals surface area contributed by atoms with Crippen molar-refractivity contribution in [3.63, 3.8) is 0 Å². The molecule has 2 rings (SSSR count). The Morgan fingerprint density at radius 3 is 2.59 bits per heavy atom. The number of H-pyrrole nitrogens is 1. The average Bonchev–Trinajstić information content (AvgIpc) is 2.72. The Labute approximate surface area is 101 Å². The van der Waals surface area contributed by atoms with Gasteiger partial charge in [0.25, 0.3) is 0 Å². The van der Waals surface area contributed by atoms with Crippen LogP contribution in [0.3, 0.4) is 0 Å². The predicted molar refractivity (Wildman–Crippen MR) is 69.5 cm³/mol. The summed E-state index contributed by atoms with van der Waals surface area (Å²) in [4.78, 5) is 0. The molecule has 1 aromatic carbocycles. The molecule has 0 saturated heterocycles. The third-order valence-corrected chi connectivity index (χ3v) is 2.73. The molecule has 0 unspecified atom stereocenters. The Morgan fingerprint density at radius 2 is 2.00 bits per heavy atom. The van der Waals surface area contributed by atoms with Gasteiger partial charge in [-0.15, -0.1) is 0 Å². The van der Waals surface area contributed by atoms with Crippen LogP contribution in [0.5, 0.6) is 5.75 Å². The second kappa shape index (κ2) is 4.91. The molecule has 4 nitrogen and oxygen atoms in total. The maximum absolute atomic E-state index is 5.14. The average molecular weight is 231 g/mol. The number of hydrogen-bond acceptors (Lipinski definition) is 3. The molecule has 0 spiro atoms. The van der Waals surface area contributed by atoms with Crippen LogP contribution < -0.4 is 10.1 Å². The van der Waals surface area contributed by atoms with Crippen LogP contribution in [0, 0.1) is 6.92 Å². The summed E-state index contributed by atoms with van der Waals surface area (Å²) >= 11 is 0. The maximum Gasteiger partial charge on any atom is 0.151 e. The molecule has 90 valence electrons. The zero-order valence-corrected chi connectivity index (χ0v) is 10.4. The minimum absolute atomic E-state index is 0.859. The van der Waals surface area contributed by atoms with Gasteiger partial charge in [-0.3, -0.25) is 5.10 Å². The van der Waals surface area contributed by atoms with Crippen LogP contribution >= 0.6 is 0 Å². The van der Waals surface area contributed by atoms with Crippen molar-refractivity contribution in [3.8, 4) is 17.0 Å². The molecule has 1 heterocycles. The molecular weight excluding hydrogens is 214 g/mol. The number of rotatable bonds is 4. The molecular formula is C13H17N3O. The molecule has 0 aliphatic carbocycles. The number of methoxy groups -OCH3 is 1. The Hall–Kier alpha value is -1.97. The number of aromatic amines is 1. The van der Waals surface area contributed by atoms with Gasteiger partial charge in [0.1, 0.15) is 5.75 Å². The van der Waals surface area contributed by atoms with Gasteiger partial charge in [-0.2, -0.15) is 5.10 Å². The summed E-state index contributed by atoms with van der Waals surface area (Å²) in [6, 6.07) is 7.94. The first-order chi connectivity index (χ1) is 8.26. The maximum atomic E-state index is 5.14. The van der Waals surface area contributed by atoms with Crippen molar-refractivity contribution in [3.05, 3.63) is 29.8 Å². The smallest absolute Gasteiger partial charge is 0.151 e. The molecule has 0 atom stereocenters. The van der Waals surface area contributed by atoms with Crippen molar-refractivity contribution in [2.75, 3.05) is 19.0 Å². The number of ether oxygens (including phenoxy) is 1. The van der Waals surface area contributed by atoms with Crippen molar-refractivity contribution in [1.29, 1.82) is 0 Å². The SMILES string of the molecule is CCNc1n[nH]c(-c2ccc(OC)cc2)c1C. The van der Waals surface area contributed by atoms with E-state index in [4.69, 9.17) is 4.74 Å². The van der Waals surface area contributed by atoms with Gasteiger partial charge in [-0.1, -0.05) is 0 Å². The van der Waals surface area contributed by atoms with Crippen LogP contribution in [0.15, 0.2) is 24.3 Å². The lowest BCUT2D eigenvalue weighted by molar-refractivity contribution is 0.415. The largest absolute Gasteiger partial charge is 0.497 e. The van der Waals surface area contributed by atoms with E-state index >= 15 is 0 Å². The molecule has 0 saturated carbocycles. The van der Waals surface area contributed by atoms with E-state index in [0.717, 1.165) is 34.9 Å². The first-order valence-corrected chi connectivity index (χ1v) is 5.69. The minimum atomic E-state index is 0.859. The molecule has 2 aromatic rings. The quantitative estimate of drug-likeness (QED) is 0.850. The summed E-state index contributed by atoms with van der Waals surface area (Å²) in [5, 5.41) is 10.5. The second-order valence-corrected chi connectivity index (χ2v) is 3.83. The second-order valence-electron chi connectivity index (χ2n) is 3.83. The number of aromatic nitrogens is 2.